The van der Waals surface area contributed by atoms with Crippen LogP contribution < -0.4 is 9.80 Å². The van der Waals surface area contributed by atoms with Crippen LogP contribution in [0, 0.1) is 16.0 Å². The van der Waals surface area contributed by atoms with Crippen molar-refractivity contribution in [1.82, 2.24) is 4.98 Å². The largest absolute Gasteiger partial charge is 0.356 e. The van der Waals surface area contributed by atoms with E-state index in [0.29, 0.717) is 18.9 Å². The minimum absolute atomic E-state index is 0.0330. The summed E-state index contributed by atoms with van der Waals surface area (Å²) in [6, 6.07) is 12.6. The Balaban J connectivity index is 1.66. The zero-order chi connectivity index (χ0) is 17.1. The second-order valence-corrected chi connectivity index (χ2v) is 5.80. The lowest BCUT2D eigenvalue weighted by atomic mass is 10.1. The molecule has 2 heterocycles. The smallest absolute Gasteiger partial charge is 0.287 e. The van der Waals surface area contributed by atoms with Crippen LogP contribution in [-0.4, -0.2) is 36.0 Å². The third kappa shape index (κ3) is 3.19. The van der Waals surface area contributed by atoms with E-state index >= 15 is 0 Å². The van der Waals surface area contributed by atoms with Crippen LogP contribution >= 0.6 is 0 Å². The average molecular weight is 326 g/mol. The van der Waals surface area contributed by atoms with E-state index in [1.165, 1.54) is 12.3 Å². The average Bonchev–Trinajstić information content (AvgIpc) is 3.11. The minimum atomic E-state index is -0.470. The Kier molecular flexibility index (Phi) is 4.41. The molecule has 1 amide bonds. The number of hydrogen-bond donors (Lipinski definition) is 0. The molecule has 1 aliphatic rings. The van der Waals surface area contributed by atoms with Crippen LogP contribution in [0.4, 0.5) is 17.2 Å². The van der Waals surface area contributed by atoms with Gasteiger partial charge in [0.15, 0.2) is 0 Å². The van der Waals surface area contributed by atoms with Gasteiger partial charge in [-0.05, 0) is 24.6 Å². The standard InChI is InChI=1S/C17H18N4O3/c1-19(14-5-3-2-4-6-14)17(22)13-9-10-20(12-13)16-8-7-15(11-18-16)21(23)24/h2-8,11,13H,9-10,12H2,1H3/t13-/m1/s1. The molecule has 0 spiro atoms. The minimum Gasteiger partial charge on any atom is -0.356 e. The highest BCUT2D eigenvalue weighted by molar-refractivity contribution is 5.95. The van der Waals surface area contributed by atoms with E-state index in [4.69, 9.17) is 0 Å². The topological polar surface area (TPSA) is 79.6 Å². The van der Waals surface area contributed by atoms with Gasteiger partial charge in [-0.3, -0.25) is 14.9 Å². The molecule has 1 aromatic carbocycles. The number of nitrogens with zero attached hydrogens (tertiary/aromatic N) is 4. The number of amides is 1. The fourth-order valence-corrected chi connectivity index (χ4v) is 2.90. The molecule has 0 radical (unpaired) electrons. The highest BCUT2D eigenvalue weighted by atomic mass is 16.6. The van der Waals surface area contributed by atoms with Crippen molar-refractivity contribution in [2.45, 2.75) is 6.42 Å². The molecule has 0 bridgehead atoms. The van der Waals surface area contributed by atoms with Crippen LogP contribution in [0.1, 0.15) is 6.42 Å². The van der Waals surface area contributed by atoms with Gasteiger partial charge in [0.05, 0.1) is 10.8 Å². The molecule has 0 unspecified atom stereocenters. The lowest BCUT2D eigenvalue weighted by molar-refractivity contribution is -0.385. The van der Waals surface area contributed by atoms with Gasteiger partial charge in [0, 0.05) is 31.9 Å². The lowest BCUT2D eigenvalue weighted by Gasteiger charge is -2.22. The summed E-state index contributed by atoms with van der Waals surface area (Å²) in [7, 11) is 1.78. The summed E-state index contributed by atoms with van der Waals surface area (Å²) in [5.74, 6) is 0.635. The molecule has 3 rings (SSSR count). The van der Waals surface area contributed by atoms with Crippen LogP contribution in [-0.2, 0) is 4.79 Å². The Morgan fingerprint density at radius 3 is 2.67 bits per heavy atom. The number of anilines is 2. The molecule has 2 aromatic rings. The van der Waals surface area contributed by atoms with E-state index in [9.17, 15) is 14.9 Å². The number of nitro groups is 1. The quantitative estimate of drug-likeness (QED) is 0.637. The molecule has 7 nitrogen and oxygen atoms in total. The number of aromatic nitrogens is 1. The van der Waals surface area contributed by atoms with Crippen molar-refractivity contribution in [1.29, 1.82) is 0 Å². The van der Waals surface area contributed by atoms with Gasteiger partial charge in [0.2, 0.25) is 5.91 Å². The van der Waals surface area contributed by atoms with E-state index < -0.39 is 4.92 Å². The van der Waals surface area contributed by atoms with E-state index in [2.05, 4.69) is 4.98 Å². The van der Waals surface area contributed by atoms with Gasteiger partial charge in [-0.2, -0.15) is 0 Å². The van der Waals surface area contributed by atoms with Crippen LogP contribution in [0.3, 0.4) is 0 Å². The predicted octanol–water partition coefficient (Wildman–Crippen LogP) is 2.48. The third-order valence-corrected chi connectivity index (χ3v) is 4.28. The predicted molar refractivity (Wildman–Crippen MR) is 91.1 cm³/mol. The van der Waals surface area contributed by atoms with Crippen LogP contribution in [0.5, 0.6) is 0 Å². The molecule has 1 atom stereocenters. The molecule has 124 valence electrons. The summed E-state index contributed by atoms with van der Waals surface area (Å²) in [4.78, 5) is 30.7. The van der Waals surface area contributed by atoms with Gasteiger partial charge in [-0.1, -0.05) is 18.2 Å². The van der Waals surface area contributed by atoms with Gasteiger partial charge >= 0.3 is 0 Å². The van der Waals surface area contributed by atoms with Crippen molar-refractivity contribution in [3.8, 4) is 0 Å². The summed E-state index contributed by atoms with van der Waals surface area (Å²) >= 11 is 0. The number of hydrogen-bond acceptors (Lipinski definition) is 5. The number of pyridine rings is 1. The first-order valence-electron chi connectivity index (χ1n) is 7.74. The van der Waals surface area contributed by atoms with Gasteiger partial charge < -0.3 is 9.80 Å². The number of carbonyl (C=O) groups is 1. The summed E-state index contributed by atoms with van der Waals surface area (Å²) in [5, 5.41) is 10.7. The van der Waals surface area contributed by atoms with Gasteiger partial charge in [0.1, 0.15) is 12.0 Å². The van der Waals surface area contributed by atoms with Crippen molar-refractivity contribution in [2.24, 2.45) is 5.92 Å². The monoisotopic (exact) mass is 326 g/mol. The molecule has 24 heavy (non-hydrogen) atoms. The molecule has 1 fully saturated rings. The van der Waals surface area contributed by atoms with Gasteiger partial charge in [-0.15, -0.1) is 0 Å². The van der Waals surface area contributed by atoms with Crippen molar-refractivity contribution >= 4 is 23.1 Å². The van der Waals surface area contributed by atoms with E-state index in [0.717, 1.165) is 12.1 Å². The fraction of sp³-hybridized carbons (Fsp3) is 0.294. The maximum absolute atomic E-state index is 12.7. The molecule has 1 aromatic heterocycles. The van der Waals surface area contributed by atoms with Crippen LogP contribution in [0.25, 0.3) is 0 Å². The van der Waals surface area contributed by atoms with Crippen molar-refractivity contribution in [3.05, 3.63) is 58.8 Å². The van der Waals surface area contributed by atoms with Crippen molar-refractivity contribution in [3.63, 3.8) is 0 Å². The first-order chi connectivity index (χ1) is 11.6. The maximum atomic E-state index is 12.7. The van der Waals surface area contributed by atoms with E-state index in [-0.39, 0.29) is 17.5 Å². The number of benzene rings is 1. The Hall–Kier alpha value is -2.96. The second kappa shape index (κ2) is 6.66. The molecular weight excluding hydrogens is 308 g/mol. The normalized spacial score (nSPS) is 16.9. The van der Waals surface area contributed by atoms with Crippen LogP contribution in [0.15, 0.2) is 48.7 Å². The zero-order valence-electron chi connectivity index (χ0n) is 13.3. The lowest BCUT2D eigenvalue weighted by Crippen LogP contribution is -2.34. The third-order valence-electron chi connectivity index (χ3n) is 4.28. The number of para-hydroxylation sites is 1. The molecule has 0 aliphatic carbocycles. The summed E-state index contributed by atoms with van der Waals surface area (Å²) < 4.78 is 0. The second-order valence-electron chi connectivity index (χ2n) is 5.80. The Labute approximate surface area is 139 Å². The number of rotatable bonds is 4. The molecule has 0 N–H and O–H groups in total. The Morgan fingerprint density at radius 1 is 1.29 bits per heavy atom. The highest BCUT2D eigenvalue weighted by Crippen LogP contribution is 2.26. The highest BCUT2D eigenvalue weighted by Gasteiger charge is 2.31. The Bertz CT molecular complexity index is 733. The Morgan fingerprint density at radius 2 is 2.04 bits per heavy atom. The summed E-state index contributed by atoms with van der Waals surface area (Å²) in [6.07, 6.45) is 2.00. The molecule has 1 saturated heterocycles. The van der Waals surface area contributed by atoms with E-state index in [1.807, 2.05) is 35.2 Å². The van der Waals surface area contributed by atoms with Gasteiger partial charge in [0.25, 0.3) is 5.69 Å². The first-order valence-corrected chi connectivity index (χ1v) is 7.74. The number of carbonyl (C=O) groups excluding carboxylic acids is 1. The zero-order valence-corrected chi connectivity index (χ0v) is 13.3. The molecule has 7 heteroatoms. The molecular formula is C17H18N4O3. The SMILES string of the molecule is CN(C(=O)[C@@H]1CCN(c2ccc([N+](=O)[O-])cn2)C1)c1ccccc1. The summed E-state index contributed by atoms with van der Waals surface area (Å²) in [6.45, 7) is 1.28. The molecule has 0 saturated carbocycles. The summed E-state index contributed by atoms with van der Waals surface area (Å²) in [5.41, 5.74) is 0.837. The van der Waals surface area contributed by atoms with Crippen LogP contribution in [0.2, 0.25) is 0 Å². The van der Waals surface area contributed by atoms with Crippen molar-refractivity contribution < 1.29 is 9.72 Å². The fourth-order valence-electron chi connectivity index (χ4n) is 2.90. The van der Waals surface area contributed by atoms with Gasteiger partial charge in [-0.25, -0.2) is 4.98 Å². The van der Waals surface area contributed by atoms with Crippen molar-refractivity contribution in [2.75, 3.05) is 29.9 Å². The van der Waals surface area contributed by atoms with E-state index in [1.54, 1.807) is 18.0 Å². The maximum Gasteiger partial charge on any atom is 0.287 e. The molecule has 1 aliphatic heterocycles. The first kappa shape index (κ1) is 15.9.